The first-order valence-electron chi connectivity index (χ1n) is 5.62. The fourth-order valence-electron chi connectivity index (χ4n) is 2.24. The quantitative estimate of drug-likeness (QED) is 0.391. The number of fused-ring (bicyclic) bond motifs is 2. The summed E-state index contributed by atoms with van der Waals surface area (Å²) >= 11 is 1.61. The number of hydrogen-bond donors (Lipinski definition) is 2. The third kappa shape index (κ3) is 1.51. The zero-order valence-electron chi connectivity index (χ0n) is 9.84. The molecule has 3 heteroatoms. The molecule has 0 unspecified atom stereocenters. The van der Waals surface area contributed by atoms with E-state index in [2.05, 4.69) is 0 Å². The zero-order valence-corrected chi connectivity index (χ0v) is 10.7. The van der Waals surface area contributed by atoms with E-state index in [1.807, 2.05) is 48.7 Å². The second kappa shape index (κ2) is 4.10. The van der Waals surface area contributed by atoms with Crippen molar-refractivity contribution in [1.82, 2.24) is 0 Å². The number of aromatic hydroxyl groups is 2. The van der Waals surface area contributed by atoms with Gasteiger partial charge in [-0.2, -0.15) is 0 Å². The molecule has 0 fully saturated rings. The third-order valence-electron chi connectivity index (χ3n) is 3.17. The molecule has 3 rings (SSSR count). The van der Waals surface area contributed by atoms with Gasteiger partial charge in [-0.25, -0.2) is 0 Å². The summed E-state index contributed by atoms with van der Waals surface area (Å²) in [5.74, 6) is 0.459. The van der Waals surface area contributed by atoms with Gasteiger partial charge in [-0.05, 0) is 24.5 Å². The van der Waals surface area contributed by atoms with Gasteiger partial charge >= 0.3 is 0 Å². The maximum atomic E-state index is 10.3. The van der Waals surface area contributed by atoms with Crippen LogP contribution in [0, 0.1) is 0 Å². The lowest BCUT2D eigenvalue weighted by Crippen LogP contribution is -1.82. The standard InChI is InChI=1S/C15H12O2S/c1-18-9-6-7-12-13(8-9)15(17)11-5-3-2-4-10(11)14(12)16/h2-8,16-17H,1H3. The molecular formula is C15H12O2S. The zero-order chi connectivity index (χ0) is 12.7. The molecule has 0 radical (unpaired) electrons. The van der Waals surface area contributed by atoms with Crippen molar-refractivity contribution in [3.05, 3.63) is 42.5 Å². The Morgan fingerprint density at radius 2 is 1.33 bits per heavy atom. The minimum absolute atomic E-state index is 0.228. The van der Waals surface area contributed by atoms with Crippen LogP contribution < -0.4 is 0 Å². The number of phenolic OH excluding ortho intramolecular Hbond substituents is 2. The van der Waals surface area contributed by atoms with Crippen LogP contribution in [-0.2, 0) is 0 Å². The van der Waals surface area contributed by atoms with E-state index >= 15 is 0 Å². The highest BCUT2D eigenvalue weighted by atomic mass is 32.2. The Hall–Kier alpha value is -1.87. The number of rotatable bonds is 1. The normalized spacial score (nSPS) is 11.2. The lowest BCUT2D eigenvalue weighted by atomic mass is 10.0. The van der Waals surface area contributed by atoms with Crippen LogP contribution in [0.5, 0.6) is 11.5 Å². The number of thioether (sulfide) groups is 1. The molecule has 0 aliphatic carbocycles. The van der Waals surface area contributed by atoms with Gasteiger partial charge in [0, 0.05) is 26.4 Å². The van der Waals surface area contributed by atoms with Crippen molar-refractivity contribution in [3.8, 4) is 11.5 Å². The molecule has 0 spiro atoms. The smallest absolute Gasteiger partial charge is 0.131 e. The fourth-order valence-corrected chi connectivity index (χ4v) is 2.68. The largest absolute Gasteiger partial charge is 0.507 e. The van der Waals surface area contributed by atoms with Gasteiger partial charge in [-0.3, -0.25) is 0 Å². The first kappa shape index (κ1) is 11.2. The molecule has 0 amide bonds. The topological polar surface area (TPSA) is 40.5 Å². The number of phenols is 2. The average molecular weight is 256 g/mol. The van der Waals surface area contributed by atoms with Crippen LogP contribution in [0.3, 0.4) is 0 Å². The average Bonchev–Trinajstić information content (AvgIpc) is 2.44. The molecule has 0 atom stereocenters. The van der Waals surface area contributed by atoms with Crippen LogP contribution in [0.2, 0.25) is 0 Å². The highest BCUT2D eigenvalue weighted by Gasteiger charge is 2.12. The molecule has 0 bridgehead atoms. The maximum Gasteiger partial charge on any atom is 0.131 e. The Morgan fingerprint density at radius 1 is 0.778 bits per heavy atom. The molecule has 0 heterocycles. The van der Waals surface area contributed by atoms with Crippen LogP contribution >= 0.6 is 11.8 Å². The van der Waals surface area contributed by atoms with Crippen molar-refractivity contribution in [2.24, 2.45) is 0 Å². The SMILES string of the molecule is CSc1ccc2c(O)c3ccccc3c(O)c2c1. The molecule has 0 aliphatic heterocycles. The molecule has 0 aromatic heterocycles. The van der Waals surface area contributed by atoms with E-state index in [0.29, 0.717) is 21.5 Å². The van der Waals surface area contributed by atoms with Crippen LogP contribution in [-0.4, -0.2) is 16.5 Å². The van der Waals surface area contributed by atoms with E-state index in [-0.39, 0.29) is 11.5 Å². The summed E-state index contributed by atoms with van der Waals surface area (Å²) in [6, 6.07) is 13.0. The van der Waals surface area contributed by atoms with Crippen molar-refractivity contribution in [3.63, 3.8) is 0 Å². The Morgan fingerprint density at radius 3 is 1.94 bits per heavy atom. The summed E-state index contributed by atoms with van der Waals surface area (Å²) < 4.78 is 0. The molecule has 2 N–H and O–H groups in total. The fraction of sp³-hybridized carbons (Fsp3) is 0.0667. The van der Waals surface area contributed by atoms with Gasteiger partial charge in [-0.1, -0.05) is 24.3 Å². The summed E-state index contributed by atoms with van der Waals surface area (Å²) in [5, 5.41) is 23.4. The van der Waals surface area contributed by atoms with E-state index < -0.39 is 0 Å². The van der Waals surface area contributed by atoms with Crippen molar-refractivity contribution >= 4 is 33.3 Å². The Labute approximate surface area is 109 Å². The molecule has 0 saturated heterocycles. The predicted molar refractivity (Wildman–Crippen MR) is 76.6 cm³/mol. The second-order valence-corrected chi connectivity index (χ2v) is 5.03. The minimum atomic E-state index is 0.228. The molecule has 18 heavy (non-hydrogen) atoms. The van der Waals surface area contributed by atoms with Gasteiger partial charge in [-0.15, -0.1) is 11.8 Å². The molecule has 3 aromatic carbocycles. The molecule has 3 aromatic rings. The molecule has 90 valence electrons. The minimum Gasteiger partial charge on any atom is -0.507 e. The van der Waals surface area contributed by atoms with Gasteiger partial charge in [0.15, 0.2) is 0 Å². The van der Waals surface area contributed by atoms with Crippen molar-refractivity contribution in [1.29, 1.82) is 0 Å². The maximum absolute atomic E-state index is 10.3. The van der Waals surface area contributed by atoms with E-state index in [0.717, 1.165) is 4.90 Å². The summed E-state index contributed by atoms with van der Waals surface area (Å²) in [7, 11) is 0. The van der Waals surface area contributed by atoms with Crippen LogP contribution in [0.25, 0.3) is 21.5 Å². The molecular weight excluding hydrogens is 244 g/mol. The van der Waals surface area contributed by atoms with Crippen LogP contribution in [0.1, 0.15) is 0 Å². The van der Waals surface area contributed by atoms with Gasteiger partial charge in [0.25, 0.3) is 0 Å². The number of benzene rings is 3. The highest BCUT2D eigenvalue weighted by Crippen LogP contribution is 2.42. The summed E-state index contributed by atoms with van der Waals surface area (Å²) in [6.45, 7) is 0. The summed E-state index contributed by atoms with van der Waals surface area (Å²) in [4.78, 5) is 1.06. The van der Waals surface area contributed by atoms with Gasteiger partial charge in [0.2, 0.25) is 0 Å². The lowest BCUT2D eigenvalue weighted by molar-refractivity contribution is 0.478. The van der Waals surface area contributed by atoms with Crippen LogP contribution in [0.15, 0.2) is 47.4 Å². The lowest BCUT2D eigenvalue weighted by Gasteiger charge is -2.10. The molecule has 0 aliphatic rings. The van der Waals surface area contributed by atoms with Crippen molar-refractivity contribution in [2.45, 2.75) is 4.90 Å². The van der Waals surface area contributed by atoms with E-state index in [1.165, 1.54) is 0 Å². The first-order chi connectivity index (χ1) is 8.72. The third-order valence-corrected chi connectivity index (χ3v) is 3.90. The van der Waals surface area contributed by atoms with Gasteiger partial charge in [0.1, 0.15) is 11.5 Å². The van der Waals surface area contributed by atoms with Gasteiger partial charge < -0.3 is 10.2 Å². The van der Waals surface area contributed by atoms with Gasteiger partial charge in [0.05, 0.1) is 0 Å². The summed E-state index contributed by atoms with van der Waals surface area (Å²) in [6.07, 6.45) is 1.99. The predicted octanol–water partition coefficient (Wildman–Crippen LogP) is 4.13. The van der Waals surface area contributed by atoms with Crippen molar-refractivity contribution < 1.29 is 10.2 Å². The van der Waals surface area contributed by atoms with E-state index in [4.69, 9.17) is 0 Å². The number of hydrogen-bond acceptors (Lipinski definition) is 3. The van der Waals surface area contributed by atoms with E-state index in [9.17, 15) is 10.2 Å². The van der Waals surface area contributed by atoms with Crippen molar-refractivity contribution in [2.75, 3.05) is 6.26 Å². The Balaban J connectivity index is 2.54. The van der Waals surface area contributed by atoms with E-state index in [1.54, 1.807) is 11.8 Å². The Kier molecular flexibility index (Phi) is 2.56. The second-order valence-electron chi connectivity index (χ2n) is 4.15. The summed E-state index contributed by atoms with van der Waals surface area (Å²) in [5.41, 5.74) is 0. The first-order valence-corrected chi connectivity index (χ1v) is 6.85. The molecule has 2 nitrogen and oxygen atoms in total. The highest BCUT2D eigenvalue weighted by molar-refractivity contribution is 7.98. The molecule has 0 saturated carbocycles. The monoisotopic (exact) mass is 256 g/mol. The Bertz CT molecular complexity index is 750. The van der Waals surface area contributed by atoms with Crippen LogP contribution in [0.4, 0.5) is 0 Å².